The van der Waals surface area contributed by atoms with Crippen LogP contribution in [0.2, 0.25) is 0 Å². The summed E-state index contributed by atoms with van der Waals surface area (Å²) in [4.78, 5) is 0. The lowest BCUT2D eigenvalue weighted by Crippen LogP contribution is -2.08. The molecule has 0 aliphatic heterocycles. The second-order valence-corrected chi connectivity index (χ2v) is 5.53. The Bertz CT molecular complexity index is 584. The molecule has 0 aliphatic carbocycles. The number of hydrogen-bond acceptors (Lipinski definition) is 3. The number of benzene rings is 2. The van der Waals surface area contributed by atoms with Crippen LogP contribution in [0.4, 0.5) is 0 Å². The Labute approximate surface area is 127 Å². The summed E-state index contributed by atoms with van der Waals surface area (Å²) in [6, 6.07) is 13.7. The van der Waals surface area contributed by atoms with E-state index >= 15 is 0 Å². The van der Waals surface area contributed by atoms with Crippen LogP contribution in [-0.2, 0) is 6.61 Å². The van der Waals surface area contributed by atoms with Crippen molar-refractivity contribution in [3.8, 4) is 11.5 Å². The summed E-state index contributed by atoms with van der Waals surface area (Å²) in [5, 5.41) is 0. The van der Waals surface area contributed by atoms with Gasteiger partial charge in [0.15, 0.2) is 0 Å². The smallest absolute Gasteiger partial charge is 0.125 e. The van der Waals surface area contributed by atoms with E-state index < -0.39 is 0 Å². The third-order valence-electron chi connectivity index (χ3n) is 2.99. The first-order valence-electron chi connectivity index (χ1n) is 6.41. The van der Waals surface area contributed by atoms with Crippen LogP contribution in [0, 0.1) is 0 Å². The fourth-order valence-electron chi connectivity index (χ4n) is 1.93. The van der Waals surface area contributed by atoms with Gasteiger partial charge in [0.25, 0.3) is 0 Å². The SMILES string of the molecule is COc1cccc(COc2cc(Br)ccc2[C@@H](C)N)c1. The number of ether oxygens (including phenoxy) is 2. The van der Waals surface area contributed by atoms with Crippen LogP contribution < -0.4 is 15.2 Å². The highest BCUT2D eigenvalue weighted by Crippen LogP contribution is 2.28. The van der Waals surface area contributed by atoms with E-state index in [1.54, 1.807) is 7.11 Å². The third-order valence-corrected chi connectivity index (χ3v) is 3.49. The topological polar surface area (TPSA) is 44.5 Å². The van der Waals surface area contributed by atoms with Crippen LogP contribution in [-0.4, -0.2) is 7.11 Å². The molecule has 0 aliphatic rings. The molecule has 0 unspecified atom stereocenters. The zero-order valence-corrected chi connectivity index (χ0v) is 13.2. The summed E-state index contributed by atoms with van der Waals surface area (Å²) in [5.41, 5.74) is 8.02. The van der Waals surface area contributed by atoms with Crippen molar-refractivity contribution in [3.05, 3.63) is 58.1 Å². The van der Waals surface area contributed by atoms with E-state index in [0.717, 1.165) is 27.1 Å². The Morgan fingerprint density at radius 2 is 2.00 bits per heavy atom. The number of rotatable bonds is 5. The van der Waals surface area contributed by atoms with Crippen LogP contribution in [0.3, 0.4) is 0 Å². The predicted octanol–water partition coefficient (Wildman–Crippen LogP) is 4.06. The fourth-order valence-corrected chi connectivity index (χ4v) is 2.27. The molecule has 0 heterocycles. The molecule has 0 amide bonds. The Kier molecular flexibility index (Phi) is 5.04. The summed E-state index contributed by atoms with van der Waals surface area (Å²) >= 11 is 3.45. The maximum absolute atomic E-state index is 5.96. The molecule has 20 heavy (non-hydrogen) atoms. The minimum atomic E-state index is -0.0663. The van der Waals surface area contributed by atoms with Gasteiger partial charge in [-0.2, -0.15) is 0 Å². The van der Waals surface area contributed by atoms with Gasteiger partial charge in [-0.3, -0.25) is 0 Å². The lowest BCUT2D eigenvalue weighted by Gasteiger charge is -2.14. The van der Waals surface area contributed by atoms with E-state index in [0.29, 0.717) is 6.61 Å². The highest BCUT2D eigenvalue weighted by atomic mass is 79.9. The molecule has 0 bridgehead atoms. The van der Waals surface area contributed by atoms with E-state index in [-0.39, 0.29) is 6.04 Å². The first-order chi connectivity index (χ1) is 9.60. The maximum atomic E-state index is 5.96. The summed E-state index contributed by atoms with van der Waals surface area (Å²) in [6.45, 7) is 2.43. The van der Waals surface area contributed by atoms with Crippen LogP contribution in [0.25, 0.3) is 0 Å². The first kappa shape index (κ1) is 14.9. The largest absolute Gasteiger partial charge is 0.497 e. The molecule has 2 rings (SSSR count). The van der Waals surface area contributed by atoms with Crippen molar-refractivity contribution in [1.29, 1.82) is 0 Å². The van der Waals surface area contributed by atoms with Gasteiger partial charge in [0.1, 0.15) is 18.1 Å². The average Bonchev–Trinajstić information content (AvgIpc) is 2.45. The fraction of sp³-hybridized carbons (Fsp3) is 0.250. The third kappa shape index (κ3) is 3.74. The molecular weight excluding hydrogens is 318 g/mol. The maximum Gasteiger partial charge on any atom is 0.125 e. The van der Waals surface area contributed by atoms with Gasteiger partial charge in [-0.1, -0.05) is 34.1 Å². The van der Waals surface area contributed by atoms with Gasteiger partial charge in [-0.15, -0.1) is 0 Å². The first-order valence-corrected chi connectivity index (χ1v) is 7.20. The molecule has 0 saturated carbocycles. The summed E-state index contributed by atoms with van der Waals surface area (Å²) in [5.74, 6) is 1.63. The molecule has 0 aromatic heterocycles. The van der Waals surface area contributed by atoms with Crippen molar-refractivity contribution in [3.63, 3.8) is 0 Å². The standard InChI is InChI=1S/C16H18BrNO2/c1-11(18)15-7-6-13(17)9-16(15)20-10-12-4-3-5-14(8-12)19-2/h3-9,11H,10,18H2,1-2H3/t11-/m1/s1. The van der Waals surface area contributed by atoms with Gasteiger partial charge in [0, 0.05) is 16.1 Å². The molecule has 0 saturated heterocycles. The van der Waals surface area contributed by atoms with Gasteiger partial charge in [0.05, 0.1) is 7.11 Å². The van der Waals surface area contributed by atoms with Crippen molar-refractivity contribution in [1.82, 2.24) is 0 Å². The number of methoxy groups -OCH3 is 1. The van der Waals surface area contributed by atoms with E-state index in [2.05, 4.69) is 15.9 Å². The summed E-state index contributed by atoms with van der Waals surface area (Å²) in [7, 11) is 1.66. The highest BCUT2D eigenvalue weighted by Gasteiger charge is 2.09. The zero-order valence-electron chi connectivity index (χ0n) is 11.6. The molecule has 0 radical (unpaired) electrons. The number of nitrogens with two attached hydrogens (primary N) is 1. The van der Waals surface area contributed by atoms with Crippen molar-refractivity contribution in [2.24, 2.45) is 5.73 Å². The molecule has 0 fully saturated rings. The summed E-state index contributed by atoms with van der Waals surface area (Å²) in [6.07, 6.45) is 0. The minimum absolute atomic E-state index is 0.0663. The molecule has 0 spiro atoms. The van der Waals surface area contributed by atoms with Crippen LogP contribution in [0.15, 0.2) is 46.9 Å². The van der Waals surface area contributed by atoms with E-state index in [1.807, 2.05) is 49.4 Å². The number of hydrogen-bond donors (Lipinski definition) is 1. The lowest BCUT2D eigenvalue weighted by molar-refractivity contribution is 0.300. The monoisotopic (exact) mass is 335 g/mol. The van der Waals surface area contributed by atoms with E-state index in [1.165, 1.54) is 0 Å². The van der Waals surface area contributed by atoms with Crippen LogP contribution in [0.1, 0.15) is 24.1 Å². The van der Waals surface area contributed by atoms with Gasteiger partial charge < -0.3 is 15.2 Å². The molecule has 2 aromatic carbocycles. The highest BCUT2D eigenvalue weighted by molar-refractivity contribution is 9.10. The van der Waals surface area contributed by atoms with Crippen LogP contribution in [0.5, 0.6) is 11.5 Å². The molecule has 4 heteroatoms. The van der Waals surface area contributed by atoms with Gasteiger partial charge in [-0.05, 0) is 36.8 Å². The second-order valence-electron chi connectivity index (χ2n) is 4.61. The van der Waals surface area contributed by atoms with Crippen molar-refractivity contribution >= 4 is 15.9 Å². The van der Waals surface area contributed by atoms with Gasteiger partial charge >= 0.3 is 0 Å². The molecule has 106 valence electrons. The predicted molar refractivity (Wildman–Crippen MR) is 84.1 cm³/mol. The van der Waals surface area contributed by atoms with Crippen LogP contribution >= 0.6 is 15.9 Å². The quantitative estimate of drug-likeness (QED) is 0.896. The van der Waals surface area contributed by atoms with Crippen molar-refractivity contribution < 1.29 is 9.47 Å². The van der Waals surface area contributed by atoms with E-state index in [9.17, 15) is 0 Å². The van der Waals surface area contributed by atoms with Gasteiger partial charge in [0.2, 0.25) is 0 Å². The molecule has 3 nitrogen and oxygen atoms in total. The average molecular weight is 336 g/mol. The normalized spacial score (nSPS) is 12.0. The Morgan fingerprint density at radius 3 is 2.70 bits per heavy atom. The Hall–Kier alpha value is -1.52. The Balaban J connectivity index is 2.15. The van der Waals surface area contributed by atoms with Gasteiger partial charge in [-0.25, -0.2) is 0 Å². The lowest BCUT2D eigenvalue weighted by atomic mass is 10.1. The molecular formula is C16H18BrNO2. The minimum Gasteiger partial charge on any atom is -0.497 e. The molecule has 1 atom stereocenters. The van der Waals surface area contributed by atoms with Crippen molar-refractivity contribution in [2.75, 3.05) is 7.11 Å². The molecule has 2 N–H and O–H groups in total. The summed E-state index contributed by atoms with van der Waals surface area (Å²) < 4.78 is 12.1. The van der Waals surface area contributed by atoms with Crippen molar-refractivity contribution in [2.45, 2.75) is 19.6 Å². The zero-order chi connectivity index (χ0) is 14.5. The second kappa shape index (κ2) is 6.77. The number of halogens is 1. The van der Waals surface area contributed by atoms with E-state index in [4.69, 9.17) is 15.2 Å². The molecule has 2 aromatic rings. The Morgan fingerprint density at radius 1 is 1.20 bits per heavy atom.